The fraction of sp³-hybridized carbons (Fsp3) is 0.650. The molecule has 1 fully saturated rings. The molecule has 0 aliphatic carbocycles. The summed E-state index contributed by atoms with van der Waals surface area (Å²) in [6, 6.07) is 6.64. The number of rotatable bonds is 7. The second-order valence-electron chi connectivity index (χ2n) is 7.56. The Morgan fingerprint density at radius 1 is 1.26 bits per heavy atom. The Morgan fingerprint density at radius 2 is 2.00 bits per heavy atom. The van der Waals surface area contributed by atoms with Gasteiger partial charge in [-0.25, -0.2) is 5.01 Å². The maximum absolute atomic E-state index is 12.8. The normalized spacial score (nSPS) is 21.1. The number of hydrogen-bond acceptors (Lipinski definition) is 6. The summed E-state index contributed by atoms with van der Waals surface area (Å²) in [6.07, 6.45) is 1.31. The summed E-state index contributed by atoms with van der Waals surface area (Å²) in [6.45, 7) is 8.45. The highest BCUT2D eigenvalue weighted by atomic mass is 16.2. The molecule has 0 bridgehead atoms. The van der Waals surface area contributed by atoms with Crippen molar-refractivity contribution in [3.05, 3.63) is 23.8 Å². The van der Waals surface area contributed by atoms with Gasteiger partial charge >= 0.3 is 0 Å². The van der Waals surface area contributed by atoms with Crippen LogP contribution in [0, 0.1) is 0 Å². The summed E-state index contributed by atoms with van der Waals surface area (Å²) in [5.41, 5.74) is 12.6. The molecule has 1 unspecified atom stereocenters. The number of nitrogens with one attached hydrogen (secondary N) is 1. The van der Waals surface area contributed by atoms with Crippen LogP contribution >= 0.6 is 0 Å². The number of amides is 1. The van der Waals surface area contributed by atoms with Crippen molar-refractivity contribution in [2.75, 3.05) is 69.7 Å². The van der Waals surface area contributed by atoms with Gasteiger partial charge in [0, 0.05) is 64.1 Å². The summed E-state index contributed by atoms with van der Waals surface area (Å²) in [7, 11) is 4.20. The Hall–Kier alpha value is -1.67. The predicted molar refractivity (Wildman–Crippen MR) is 111 cm³/mol. The van der Waals surface area contributed by atoms with E-state index in [-0.39, 0.29) is 11.9 Å². The van der Waals surface area contributed by atoms with Gasteiger partial charge in [-0.1, -0.05) is 6.92 Å². The van der Waals surface area contributed by atoms with Gasteiger partial charge in [-0.2, -0.15) is 0 Å². The lowest BCUT2D eigenvalue weighted by Gasteiger charge is -2.40. The largest absolute Gasteiger partial charge is 0.369 e. The molecule has 1 aromatic carbocycles. The van der Waals surface area contributed by atoms with Gasteiger partial charge in [0.05, 0.1) is 6.04 Å². The number of fused-ring (bicyclic) bond motifs is 1. The minimum absolute atomic E-state index is 0.0500. The van der Waals surface area contributed by atoms with Crippen LogP contribution in [-0.4, -0.2) is 75.7 Å². The number of hydrogen-bond donors (Lipinski definition) is 2. The van der Waals surface area contributed by atoms with E-state index in [9.17, 15) is 4.79 Å². The number of hydrazine groups is 1. The number of anilines is 2. The van der Waals surface area contributed by atoms with Crippen LogP contribution in [0.3, 0.4) is 0 Å². The van der Waals surface area contributed by atoms with E-state index >= 15 is 0 Å². The van der Waals surface area contributed by atoms with Crippen molar-refractivity contribution in [2.24, 2.45) is 5.73 Å². The summed E-state index contributed by atoms with van der Waals surface area (Å²) < 4.78 is 0. The fourth-order valence-electron chi connectivity index (χ4n) is 4.04. The average molecular weight is 375 g/mol. The molecule has 27 heavy (non-hydrogen) atoms. The van der Waals surface area contributed by atoms with Crippen LogP contribution in [0.2, 0.25) is 0 Å². The Balaban J connectivity index is 1.93. The lowest BCUT2D eigenvalue weighted by Crippen LogP contribution is -2.46. The Kier molecular flexibility index (Phi) is 6.70. The van der Waals surface area contributed by atoms with Crippen molar-refractivity contribution in [1.29, 1.82) is 0 Å². The number of nitrogens with two attached hydrogens (primary N) is 1. The second-order valence-corrected chi connectivity index (χ2v) is 7.56. The number of carbonyl (C=O) groups is 1. The molecule has 2 aliphatic heterocycles. The molecule has 3 rings (SSSR count). The van der Waals surface area contributed by atoms with E-state index in [1.807, 2.05) is 11.9 Å². The highest BCUT2D eigenvalue weighted by molar-refractivity contribution is 5.97. The molecule has 1 saturated heterocycles. The zero-order valence-corrected chi connectivity index (χ0v) is 16.9. The SMILES string of the molecule is CCNN(C)C1CC(=O)N(CCCN)c2ccc(N3CCN(C)CC3)cc21. The maximum Gasteiger partial charge on any atom is 0.228 e. The van der Waals surface area contributed by atoms with E-state index in [0.29, 0.717) is 19.5 Å². The first-order valence-electron chi connectivity index (χ1n) is 10.1. The Morgan fingerprint density at radius 3 is 2.67 bits per heavy atom. The van der Waals surface area contributed by atoms with Crippen LogP contribution in [-0.2, 0) is 4.79 Å². The number of nitrogens with zero attached hydrogens (tertiary/aromatic N) is 4. The monoisotopic (exact) mass is 374 g/mol. The Bertz CT molecular complexity index is 643. The van der Waals surface area contributed by atoms with E-state index < -0.39 is 0 Å². The molecule has 1 atom stereocenters. The lowest BCUT2D eigenvalue weighted by atomic mass is 9.94. The molecular formula is C20H34N6O. The summed E-state index contributed by atoms with van der Waals surface area (Å²) in [5.74, 6) is 0.179. The lowest BCUT2D eigenvalue weighted by molar-refractivity contribution is -0.120. The molecule has 2 heterocycles. The van der Waals surface area contributed by atoms with Crippen LogP contribution in [0.1, 0.15) is 31.4 Å². The molecular weight excluding hydrogens is 340 g/mol. The molecule has 1 aromatic rings. The molecule has 150 valence electrons. The van der Waals surface area contributed by atoms with Gasteiger partial charge in [-0.3, -0.25) is 10.2 Å². The van der Waals surface area contributed by atoms with E-state index in [1.54, 1.807) is 0 Å². The van der Waals surface area contributed by atoms with Gasteiger partial charge in [0.25, 0.3) is 0 Å². The topological polar surface area (TPSA) is 68.1 Å². The summed E-state index contributed by atoms with van der Waals surface area (Å²) in [4.78, 5) is 19.6. The zero-order valence-electron chi connectivity index (χ0n) is 16.9. The third-order valence-corrected chi connectivity index (χ3v) is 5.66. The fourth-order valence-corrected chi connectivity index (χ4v) is 4.04. The van der Waals surface area contributed by atoms with E-state index in [2.05, 4.69) is 52.4 Å². The first-order valence-corrected chi connectivity index (χ1v) is 10.1. The third-order valence-electron chi connectivity index (χ3n) is 5.66. The maximum atomic E-state index is 12.8. The van der Waals surface area contributed by atoms with E-state index in [4.69, 9.17) is 5.73 Å². The minimum atomic E-state index is 0.0500. The standard InChI is InChI=1S/C20H34N6O/c1-4-22-24(3)19-15-20(27)26(9-5-8-21)18-7-6-16(14-17(18)19)25-12-10-23(2)11-13-25/h6-7,14,19,22H,4-5,8-13,15,21H2,1-3H3. The smallest absolute Gasteiger partial charge is 0.228 e. The summed E-state index contributed by atoms with van der Waals surface area (Å²) >= 11 is 0. The first kappa shape index (κ1) is 20.1. The van der Waals surface area contributed by atoms with Crippen LogP contribution in [0.4, 0.5) is 11.4 Å². The molecule has 0 radical (unpaired) electrons. The van der Waals surface area contributed by atoms with Gasteiger partial charge in [-0.05, 0) is 43.8 Å². The molecule has 2 aliphatic rings. The van der Waals surface area contributed by atoms with Gasteiger partial charge in [-0.15, -0.1) is 0 Å². The number of benzene rings is 1. The molecule has 0 aromatic heterocycles. The highest BCUT2D eigenvalue weighted by Crippen LogP contribution is 2.39. The van der Waals surface area contributed by atoms with Crippen LogP contribution in [0.25, 0.3) is 0 Å². The molecule has 7 heteroatoms. The molecule has 3 N–H and O–H groups in total. The third kappa shape index (κ3) is 4.43. The van der Waals surface area contributed by atoms with Crippen molar-refractivity contribution >= 4 is 17.3 Å². The van der Waals surface area contributed by atoms with Crippen molar-refractivity contribution in [3.63, 3.8) is 0 Å². The van der Waals surface area contributed by atoms with E-state index in [1.165, 1.54) is 11.3 Å². The van der Waals surface area contributed by atoms with Gasteiger partial charge in [0.2, 0.25) is 5.91 Å². The molecule has 1 amide bonds. The number of likely N-dealkylation sites (N-methyl/N-ethyl adjacent to an activating group) is 1. The first-order chi connectivity index (χ1) is 13.0. The van der Waals surface area contributed by atoms with Crippen molar-refractivity contribution in [2.45, 2.75) is 25.8 Å². The van der Waals surface area contributed by atoms with Crippen LogP contribution in [0.5, 0.6) is 0 Å². The second kappa shape index (κ2) is 9.01. The molecule has 0 spiro atoms. The van der Waals surface area contributed by atoms with Crippen molar-refractivity contribution in [3.8, 4) is 0 Å². The minimum Gasteiger partial charge on any atom is -0.369 e. The van der Waals surface area contributed by atoms with Gasteiger partial charge in [0.15, 0.2) is 0 Å². The number of carbonyl (C=O) groups excluding carboxylic acids is 1. The summed E-state index contributed by atoms with van der Waals surface area (Å²) in [5, 5.41) is 2.09. The zero-order chi connectivity index (χ0) is 19.4. The van der Waals surface area contributed by atoms with E-state index in [0.717, 1.165) is 44.8 Å². The molecule has 7 nitrogen and oxygen atoms in total. The Labute approximate surface area is 163 Å². The van der Waals surface area contributed by atoms with Crippen molar-refractivity contribution in [1.82, 2.24) is 15.3 Å². The highest BCUT2D eigenvalue weighted by Gasteiger charge is 2.33. The quantitative estimate of drug-likeness (QED) is 0.695. The van der Waals surface area contributed by atoms with Gasteiger partial charge in [0.1, 0.15) is 0 Å². The molecule has 0 saturated carbocycles. The van der Waals surface area contributed by atoms with Gasteiger partial charge < -0.3 is 20.4 Å². The average Bonchev–Trinajstić information content (AvgIpc) is 2.67. The number of piperazine rings is 1. The van der Waals surface area contributed by atoms with Crippen LogP contribution in [0.15, 0.2) is 18.2 Å². The van der Waals surface area contributed by atoms with Crippen LogP contribution < -0.4 is 21.0 Å². The van der Waals surface area contributed by atoms with Crippen molar-refractivity contribution < 1.29 is 4.79 Å². The predicted octanol–water partition coefficient (Wildman–Crippen LogP) is 1.02.